The first-order chi connectivity index (χ1) is 7.51. The Bertz CT molecular complexity index is 485. The van der Waals surface area contributed by atoms with Crippen molar-refractivity contribution in [1.82, 2.24) is 4.31 Å². The molecule has 0 bridgehead atoms. The molecule has 88 valence electrons. The minimum Gasteiger partial charge on any atom is -0.258 e. The molecule has 1 aromatic carbocycles. The van der Waals surface area contributed by atoms with Gasteiger partial charge in [-0.05, 0) is 31.0 Å². The number of rotatable bonds is 1. The highest BCUT2D eigenvalue weighted by molar-refractivity contribution is 7.90. The van der Waals surface area contributed by atoms with Crippen LogP contribution < -0.4 is 4.31 Å². The number of hydrogen-bond donors (Lipinski definition) is 0. The second-order valence-electron chi connectivity index (χ2n) is 4.09. The molecule has 1 aliphatic rings. The van der Waals surface area contributed by atoms with Gasteiger partial charge in [-0.2, -0.15) is 12.7 Å². The van der Waals surface area contributed by atoms with Gasteiger partial charge in [0, 0.05) is 20.1 Å². The number of benzene rings is 1. The zero-order valence-electron chi connectivity index (χ0n) is 9.55. The van der Waals surface area contributed by atoms with E-state index in [0.29, 0.717) is 13.1 Å². The van der Waals surface area contributed by atoms with Gasteiger partial charge >= 0.3 is 10.2 Å². The third kappa shape index (κ3) is 1.92. The van der Waals surface area contributed by atoms with Crippen LogP contribution in [0.3, 0.4) is 0 Å². The van der Waals surface area contributed by atoms with Gasteiger partial charge in [0.1, 0.15) is 0 Å². The smallest absolute Gasteiger partial charge is 0.258 e. The number of aryl methyl sites for hydroxylation is 1. The minimum atomic E-state index is -3.31. The summed E-state index contributed by atoms with van der Waals surface area (Å²) >= 11 is 0. The Morgan fingerprint density at radius 3 is 2.69 bits per heavy atom. The molecule has 2 rings (SSSR count). The lowest BCUT2D eigenvalue weighted by Crippen LogP contribution is -2.47. The van der Waals surface area contributed by atoms with Crippen LogP contribution in [0.25, 0.3) is 0 Å². The normalized spacial score (nSPS) is 21.0. The van der Waals surface area contributed by atoms with Crippen molar-refractivity contribution in [3.8, 4) is 0 Å². The summed E-state index contributed by atoms with van der Waals surface area (Å²) in [4.78, 5) is 0. The van der Waals surface area contributed by atoms with E-state index < -0.39 is 10.2 Å². The van der Waals surface area contributed by atoms with Crippen molar-refractivity contribution in [1.29, 1.82) is 0 Å². The molecule has 0 spiro atoms. The second-order valence-corrected chi connectivity index (χ2v) is 6.05. The maximum Gasteiger partial charge on any atom is 0.303 e. The van der Waals surface area contributed by atoms with E-state index in [4.69, 9.17) is 0 Å². The highest BCUT2D eigenvalue weighted by atomic mass is 32.2. The molecule has 0 N–H and O–H groups in total. The first-order valence-corrected chi connectivity index (χ1v) is 6.72. The van der Waals surface area contributed by atoms with Crippen molar-refractivity contribution >= 4 is 15.9 Å². The average molecular weight is 240 g/mol. The summed E-state index contributed by atoms with van der Waals surface area (Å²) in [7, 11) is -1.68. The van der Waals surface area contributed by atoms with Gasteiger partial charge in [-0.15, -0.1) is 0 Å². The first-order valence-electron chi connectivity index (χ1n) is 5.32. The summed E-state index contributed by atoms with van der Waals surface area (Å²) < 4.78 is 27.0. The van der Waals surface area contributed by atoms with Gasteiger partial charge in [-0.25, -0.2) is 0 Å². The molecule has 0 aromatic heterocycles. The maximum absolute atomic E-state index is 12.1. The molecule has 0 unspecified atom stereocenters. The Morgan fingerprint density at radius 2 is 2.00 bits per heavy atom. The Kier molecular flexibility index (Phi) is 2.90. The van der Waals surface area contributed by atoms with E-state index in [1.165, 1.54) is 8.61 Å². The fourth-order valence-electron chi connectivity index (χ4n) is 1.88. The lowest BCUT2D eigenvalue weighted by atomic mass is 10.2. The van der Waals surface area contributed by atoms with E-state index in [1.807, 2.05) is 31.2 Å². The molecule has 1 heterocycles. The molecule has 4 nitrogen and oxygen atoms in total. The van der Waals surface area contributed by atoms with Crippen molar-refractivity contribution in [3.63, 3.8) is 0 Å². The highest BCUT2D eigenvalue weighted by Crippen LogP contribution is 2.24. The summed E-state index contributed by atoms with van der Waals surface area (Å²) in [5, 5.41) is 0. The molecular formula is C11H16N2O2S. The van der Waals surface area contributed by atoms with Crippen LogP contribution >= 0.6 is 0 Å². The third-order valence-corrected chi connectivity index (χ3v) is 4.72. The van der Waals surface area contributed by atoms with Crippen LogP contribution in [0.1, 0.15) is 12.0 Å². The van der Waals surface area contributed by atoms with E-state index in [1.54, 1.807) is 7.05 Å². The Morgan fingerprint density at radius 1 is 1.25 bits per heavy atom. The predicted molar refractivity (Wildman–Crippen MR) is 64.7 cm³/mol. The lowest BCUT2D eigenvalue weighted by molar-refractivity contribution is 0.438. The summed E-state index contributed by atoms with van der Waals surface area (Å²) in [5.41, 5.74) is 1.83. The zero-order valence-corrected chi connectivity index (χ0v) is 10.4. The van der Waals surface area contributed by atoms with Gasteiger partial charge < -0.3 is 0 Å². The van der Waals surface area contributed by atoms with Gasteiger partial charge in [0.2, 0.25) is 0 Å². The van der Waals surface area contributed by atoms with Crippen LogP contribution in [0.15, 0.2) is 24.3 Å². The van der Waals surface area contributed by atoms with Crippen molar-refractivity contribution in [2.45, 2.75) is 13.3 Å². The van der Waals surface area contributed by atoms with Crippen molar-refractivity contribution in [2.75, 3.05) is 24.4 Å². The zero-order chi connectivity index (χ0) is 11.8. The molecule has 0 amide bonds. The molecule has 0 aliphatic carbocycles. The molecule has 0 radical (unpaired) electrons. The molecular weight excluding hydrogens is 224 g/mol. The van der Waals surface area contributed by atoms with Crippen LogP contribution in [0.2, 0.25) is 0 Å². The van der Waals surface area contributed by atoms with Crippen LogP contribution in [0, 0.1) is 6.92 Å². The van der Waals surface area contributed by atoms with Crippen molar-refractivity contribution in [2.24, 2.45) is 0 Å². The predicted octanol–water partition coefficient (Wildman–Crippen LogP) is 1.38. The molecule has 5 heteroatoms. The Hall–Kier alpha value is -1.07. The topological polar surface area (TPSA) is 40.6 Å². The second kappa shape index (κ2) is 4.07. The van der Waals surface area contributed by atoms with E-state index in [9.17, 15) is 8.42 Å². The Labute approximate surface area is 96.7 Å². The molecule has 16 heavy (non-hydrogen) atoms. The Balaban J connectivity index is 2.40. The van der Waals surface area contributed by atoms with Gasteiger partial charge in [0.25, 0.3) is 0 Å². The fraction of sp³-hybridized carbons (Fsp3) is 0.455. The lowest BCUT2D eigenvalue weighted by Gasteiger charge is -2.33. The van der Waals surface area contributed by atoms with E-state index in [2.05, 4.69) is 0 Å². The van der Waals surface area contributed by atoms with E-state index in [-0.39, 0.29) is 0 Å². The monoisotopic (exact) mass is 240 g/mol. The standard InChI is InChI=1S/C11H16N2O2S/c1-10-5-3-6-11(9-10)13-8-4-7-12(2)16(13,14)15/h3,5-6,9H,4,7-8H2,1-2H3. The van der Waals surface area contributed by atoms with Crippen LogP contribution in [0.4, 0.5) is 5.69 Å². The van der Waals surface area contributed by atoms with E-state index in [0.717, 1.165) is 17.7 Å². The minimum absolute atomic E-state index is 0.566. The maximum atomic E-state index is 12.1. The summed E-state index contributed by atoms with van der Waals surface area (Å²) in [6.07, 6.45) is 0.865. The highest BCUT2D eigenvalue weighted by Gasteiger charge is 2.30. The number of anilines is 1. The summed E-state index contributed by atoms with van der Waals surface area (Å²) in [6, 6.07) is 7.58. The van der Waals surface area contributed by atoms with Crippen LogP contribution in [-0.2, 0) is 10.2 Å². The SMILES string of the molecule is Cc1cccc(N2CCCN(C)S2(=O)=O)c1. The van der Waals surface area contributed by atoms with Gasteiger partial charge in [0.05, 0.1) is 5.69 Å². The summed E-state index contributed by atoms with van der Waals surface area (Å²) in [6.45, 7) is 3.13. The summed E-state index contributed by atoms with van der Waals surface area (Å²) in [5.74, 6) is 0. The third-order valence-electron chi connectivity index (χ3n) is 2.80. The van der Waals surface area contributed by atoms with Gasteiger partial charge in [-0.1, -0.05) is 12.1 Å². The molecule has 0 atom stereocenters. The fourth-order valence-corrected chi connectivity index (χ4v) is 3.32. The number of nitrogens with zero attached hydrogens (tertiary/aromatic N) is 2. The molecule has 1 aliphatic heterocycles. The van der Waals surface area contributed by atoms with Gasteiger partial charge in [0.15, 0.2) is 0 Å². The quantitative estimate of drug-likeness (QED) is 0.744. The largest absolute Gasteiger partial charge is 0.303 e. The molecule has 1 fully saturated rings. The molecule has 1 saturated heterocycles. The molecule has 1 aromatic rings. The van der Waals surface area contributed by atoms with Crippen molar-refractivity contribution < 1.29 is 8.42 Å². The van der Waals surface area contributed by atoms with Gasteiger partial charge in [-0.3, -0.25) is 4.31 Å². The first kappa shape index (κ1) is 11.4. The molecule has 0 saturated carbocycles. The van der Waals surface area contributed by atoms with Crippen LogP contribution in [0.5, 0.6) is 0 Å². The van der Waals surface area contributed by atoms with Crippen molar-refractivity contribution in [3.05, 3.63) is 29.8 Å². The van der Waals surface area contributed by atoms with E-state index >= 15 is 0 Å². The number of hydrogen-bond acceptors (Lipinski definition) is 2. The average Bonchev–Trinajstić information content (AvgIpc) is 2.22. The van der Waals surface area contributed by atoms with Crippen LogP contribution in [-0.4, -0.2) is 32.9 Å².